The molecule has 0 aliphatic carbocycles. The normalized spacial score (nSPS) is 30.9. The molecule has 1 aliphatic heterocycles. The van der Waals surface area contributed by atoms with Crippen molar-refractivity contribution in [3.05, 3.63) is 32.9 Å². The fraction of sp³-hybridized carbons (Fsp3) is 0.600. The first-order valence-corrected chi connectivity index (χ1v) is 5.72. The zero-order valence-corrected chi connectivity index (χ0v) is 10.5. The number of ether oxygens (including phenoxy) is 1. The lowest BCUT2D eigenvalue weighted by Crippen LogP contribution is -2.57. The molecule has 0 amide bonds. The standard InChI is InChI=1S/C10H9F5N2O5/c11-3-1-17(8(21)16-5(3)20)6-4(19)10(14,15)9(2-18,22-6)7(12)13/h1,4,6-7,18-19H,2H2,(H,16,20,21)/t4?,6-,9+/m0/s1. The van der Waals surface area contributed by atoms with Crippen LogP contribution in [0.25, 0.3) is 0 Å². The van der Waals surface area contributed by atoms with E-state index in [9.17, 15) is 36.6 Å². The van der Waals surface area contributed by atoms with E-state index < -0.39 is 54.0 Å². The number of aromatic nitrogens is 2. The second kappa shape index (κ2) is 5.14. The van der Waals surface area contributed by atoms with Crippen LogP contribution in [0, 0.1) is 5.82 Å². The molecule has 1 fully saturated rings. The third-order valence-electron chi connectivity index (χ3n) is 3.32. The van der Waals surface area contributed by atoms with Crippen LogP contribution >= 0.6 is 0 Å². The first-order valence-electron chi connectivity index (χ1n) is 5.72. The summed E-state index contributed by atoms with van der Waals surface area (Å²) in [5, 5.41) is 18.3. The van der Waals surface area contributed by atoms with E-state index in [-0.39, 0.29) is 10.8 Å². The number of H-pyrrole nitrogens is 1. The van der Waals surface area contributed by atoms with Crippen molar-refractivity contribution in [2.45, 2.75) is 30.3 Å². The Morgan fingerprint density at radius 3 is 2.45 bits per heavy atom. The highest BCUT2D eigenvalue weighted by Crippen LogP contribution is 2.50. The molecule has 124 valence electrons. The SMILES string of the molecule is O=c1[nH]c(=O)n([C@H]2O[C@](CO)(C(F)F)C(F)(F)C2O)cc1F. The molecule has 0 radical (unpaired) electrons. The Hall–Kier alpha value is -1.79. The molecule has 2 rings (SSSR count). The number of hydrogen-bond donors (Lipinski definition) is 3. The number of hydrogen-bond acceptors (Lipinski definition) is 5. The zero-order valence-electron chi connectivity index (χ0n) is 10.5. The summed E-state index contributed by atoms with van der Waals surface area (Å²) < 4.78 is 71.0. The summed E-state index contributed by atoms with van der Waals surface area (Å²) in [5.74, 6) is -6.23. The highest BCUT2D eigenvalue weighted by Gasteiger charge is 2.73. The zero-order chi connectivity index (χ0) is 16.9. The summed E-state index contributed by atoms with van der Waals surface area (Å²) in [6.07, 6.45) is -9.22. The van der Waals surface area contributed by atoms with E-state index in [4.69, 9.17) is 5.11 Å². The Morgan fingerprint density at radius 1 is 1.41 bits per heavy atom. The molecule has 0 spiro atoms. The molecule has 2 heterocycles. The van der Waals surface area contributed by atoms with Gasteiger partial charge in [0.25, 0.3) is 12.0 Å². The number of aliphatic hydroxyl groups is 2. The lowest BCUT2D eigenvalue weighted by Gasteiger charge is -2.31. The summed E-state index contributed by atoms with van der Waals surface area (Å²) in [6, 6.07) is 0. The Morgan fingerprint density at radius 2 is 2.00 bits per heavy atom. The first-order chi connectivity index (χ1) is 10.1. The summed E-state index contributed by atoms with van der Waals surface area (Å²) in [5.41, 5.74) is -6.71. The van der Waals surface area contributed by atoms with Crippen molar-refractivity contribution < 1.29 is 36.9 Å². The van der Waals surface area contributed by atoms with Crippen LogP contribution in [-0.2, 0) is 4.74 Å². The monoisotopic (exact) mass is 332 g/mol. The number of nitrogens with zero attached hydrogens (tertiary/aromatic N) is 1. The molecule has 1 saturated heterocycles. The van der Waals surface area contributed by atoms with Crippen LogP contribution < -0.4 is 11.2 Å². The summed E-state index contributed by atoms with van der Waals surface area (Å²) in [7, 11) is 0. The van der Waals surface area contributed by atoms with Crippen molar-refractivity contribution in [1.29, 1.82) is 0 Å². The molecule has 1 unspecified atom stereocenters. The van der Waals surface area contributed by atoms with Gasteiger partial charge in [0.1, 0.15) is 0 Å². The van der Waals surface area contributed by atoms with Gasteiger partial charge in [-0.25, -0.2) is 13.6 Å². The van der Waals surface area contributed by atoms with Gasteiger partial charge in [-0.3, -0.25) is 14.3 Å². The Balaban J connectivity index is 2.58. The fourth-order valence-electron chi connectivity index (χ4n) is 2.06. The fourth-order valence-corrected chi connectivity index (χ4v) is 2.06. The van der Waals surface area contributed by atoms with Crippen molar-refractivity contribution in [3.8, 4) is 0 Å². The van der Waals surface area contributed by atoms with Crippen molar-refractivity contribution in [2.75, 3.05) is 6.61 Å². The van der Waals surface area contributed by atoms with E-state index in [1.807, 2.05) is 0 Å². The minimum absolute atomic E-state index is 0.00486. The lowest BCUT2D eigenvalue weighted by atomic mass is 9.95. The summed E-state index contributed by atoms with van der Waals surface area (Å²) >= 11 is 0. The van der Waals surface area contributed by atoms with Crippen molar-refractivity contribution >= 4 is 0 Å². The Bertz CT molecular complexity index is 689. The van der Waals surface area contributed by atoms with E-state index in [1.165, 1.54) is 4.98 Å². The number of halogens is 5. The molecule has 12 heteroatoms. The minimum atomic E-state index is -4.65. The van der Waals surface area contributed by atoms with Gasteiger partial charge in [0.2, 0.25) is 11.4 Å². The van der Waals surface area contributed by atoms with Crippen molar-refractivity contribution in [1.82, 2.24) is 9.55 Å². The molecule has 22 heavy (non-hydrogen) atoms. The van der Waals surface area contributed by atoms with E-state index >= 15 is 0 Å². The number of aromatic amines is 1. The third kappa shape index (κ3) is 2.06. The first kappa shape index (κ1) is 16.6. The number of aliphatic hydroxyl groups excluding tert-OH is 2. The Kier molecular flexibility index (Phi) is 3.87. The smallest absolute Gasteiger partial charge is 0.330 e. The average molecular weight is 332 g/mol. The van der Waals surface area contributed by atoms with Gasteiger partial charge in [0.15, 0.2) is 12.3 Å². The summed E-state index contributed by atoms with van der Waals surface area (Å²) in [4.78, 5) is 23.7. The average Bonchev–Trinajstić information content (AvgIpc) is 2.63. The number of nitrogens with one attached hydrogen (secondary N) is 1. The maximum Gasteiger partial charge on any atom is 0.330 e. The molecule has 3 atom stereocenters. The third-order valence-corrected chi connectivity index (χ3v) is 3.32. The molecule has 0 aromatic carbocycles. The molecular formula is C10H9F5N2O5. The molecule has 1 aromatic heterocycles. The molecule has 1 aliphatic rings. The van der Waals surface area contributed by atoms with E-state index in [0.717, 1.165) is 0 Å². The van der Waals surface area contributed by atoms with Crippen molar-refractivity contribution in [2.24, 2.45) is 0 Å². The van der Waals surface area contributed by atoms with Gasteiger partial charge < -0.3 is 14.9 Å². The van der Waals surface area contributed by atoms with Crippen LogP contribution in [0.15, 0.2) is 15.8 Å². The maximum absolute atomic E-state index is 13.9. The van der Waals surface area contributed by atoms with E-state index in [1.54, 1.807) is 0 Å². The molecule has 1 aromatic rings. The maximum atomic E-state index is 13.9. The number of rotatable bonds is 3. The molecule has 3 N–H and O–H groups in total. The molecule has 0 saturated carbocycles. The van der Waals surface area contributed by atoms with Crippen LogP contribution in [0.4, 0.5) is 22.0 Å². The predicted molar refractivity (Wildman–Crippen MR) is 58.2 cm³/mol. The van der Waals surface area contributed by atoms with E-state index in [2.05, 4.69) is 4.74 Å². The molecule has 7 nitrogen and oxygen atoms in total. The molecular weight excluding hydrogens is 323 g/mol. The lowest BCUT2D eigenvalue weighted by molar-refractivity contribution is -0.244. The Labute approximate surface area is 117 Å². The second-order valence-electron chi connectivity index (χ2n) is 4.57. The van der Waals surface area contributed by atoms with Gasteiger partial charge in [-0.2, -0.15) is 13.2 Å². The van der Waals surface area contributed by atoms with Gasteiger partial charge in [0.05, 0.1) is 12.8 Å². The van der Waals surface area contributed by atoms with Crippen LogP contribution in [0.3, 0.4) is 0 Å². The topological polar surface area (TPSA) is 105 Å². The number of alkyl halides is 4. The highest BCUT2D eigenvalue weighted by atomic mass is 19.3. The largest absolute Gasteiger partial charge is 0.393 e. The highest BCUT2D eigenvalue weighted by molar-refractivity contribution is 5.09. The van der Waals surface area contributed by atoms with Gasteiger partial charge in [-0.1, -0.05) is 0 Å². The van der Waals surface area contributed by atoms with Gasteiger partial charge in [-0.15, -0.1) is 0 Å². The van der Waals surface area contributed by atoms with Crippen molar-refractivity contribution in [3.63, 3.8) is 0 Å². The van der Waals surface area contributed by atoms with Gasteiger partial charge in [-0.05, 0) is 0 Å². The van der Waals surface area contributed by atoms with Crippen LogP contribution in [0.5, 0.6) is 0 Å². The van der Waals surface area contributed by atoms with Crippen LogP contribution in [0.2, 0.25) is 0 Å². The second-order valence-corrected chi connectivity index (χ2v) is 4.57. The van der Waals surface area contributed by atoms with Crippen LogP contribution in [0.1, 0.15) is 6.23 Å². The van der Waals surface area contributed by atoms with Crippen LogP contribution in [-0.4, -0.2) is 50.4 Å². The molecule has 0 bridgehead atoms. The van der Waals surface area contributed by atoms with E-state index in [0.29, 0.717) is 0 Å². The van der Waals surface area contributed by atoms with Gasteiger partial charge >= 0.3 is 11.6 Å². The summed E-state index contributed by atoms with van der Waals surface area (Å²) in [6.45, 7) is -1.87. The minimum Gasteiger partial charge on any atom is -0.393 e. The predicted octanol–water partition coefficient (Wildman–Crippen LogP) is -0.803. The quantitative estimate of drug-likeness (QED) is 0.629. The van der Waals surface area contributed by atoms with Gasteiger partial charge in [0, 0.05) is 0 Å².